The number of ether oxygens (including phenoxy) is 1. The Labute approximate surface area is 256 Å². The van der Waals surface area contributed by atoms with Crippen LogP contribution in [0.1, 0.15) is 43.6 Å². The molecule has 2 N–H and O–H groups in total. The van der Waals surface area contributed by atoms with E-state index in [2.05, 4.69) is 25.2 Å². The fourth-order valence-corrected chi connectivity index (χ4v) is 5.87. The second-order valence-electron chi connectivity index (χ2n) is 11.7. The van der Waals surface area contributed by atoms with Crippen LogP contribution in [-0.4, -0.2) is 83.3 Å². The summed E-state index contributed by atoms with van der Waals surface area (Å²) in [6, 6.07) is 1.20. The van der Waals surface area contributed by atoms with Gasteiger partial charge in [-0.05, 0) is 34.7 Å². The van der Waals surface area contributed by atoms with Crippen LogP contribution in [0.25, 0.3) is 11.1 Å². The predicted molar refractivity (Wildman–Crippen MR) is 159 cm³/mol. The number of aromatic amines is 1. The van der Waals surface area contributed by atoms with Crippen molar-refractivity contribution in [3.8, 4) is 11.1 Å². The number of morpholine rings is 1. The second-order valence-corrected chi connectivity index (χ2v) is 11.7. The minimum absolute atomic E-state index is 0.0368. The van der Waals surface area contributed by atoms with Crippen LogP contribution >= 0.6 is 0 Å². The first-order valence-corrected chi connectivity index (χ1v) is 14.5. The maximum Gasteiger partial charge on any atom is 0.417 e. The summed E-state index contributed by atoms with van der Waals surface area (Å²) in [6.45, 7) is 9.34. The van der Waals surface area contributed by atoms with Crippen molar-refractivity contribution in [1.82, 2.24) is 19.9 Å². The van der Waals surface area contributed by atoms with Crippen LogP contribution in [0.4, 0.5) is 39.3 Å². The predicted octanol–water partition coefficient (Wildman–Crippen LogP) is 4.52. The van der Waals surface area contributed by atoms with E-state index in [1.165, 1.54) is 12.4 Å². The molecule has 0 spiro atoms. The number of nitrogens with one attached hydrogen (secondary N) is 2. The highest BCUT2D eigenvalue weighted by Gasteiger charge is 2.37. The first kappa shape index (κ1) is 32.3. The largest absolute Gasteiger partial charge is 0.417 e. The van der Waals surface area contributed by atoms with Crippen molar-refractivity contribution in [2.45, 2.75) is 58.2 Å². The van der Waals surface area contributed by atoms with E-state index in [9.17, 15) is 22.8 Å². The standard InChI is InChI=1S/C30H34F5N7O3/c1-15-11-41(12-16(2)40(15)5)23-7-22(31)25(19-8-37-29(38-9-19)42-13-17(3)45-18(4)14-42)26(32)27(23)39-28(44)20-10-36-24(43)6-21(20)30(33,34)35/h6-10,15-18H,11-14H2,1-5H3,(H,36,43)(H,39,44)/t15-,16+,17-,18+. The van der Waals surface area contributed by atoms with Gasteiger partial charge in [-0.1, -0.05) is 0 Å². The molecule has 5 rings (SSSR count). The van der Waals surface area contributed by atoms with Gasteiger partial charge in [-0.25, -0.2) is 18.7 Å². The lowest BCUT2D eigenvalue weighted by molar-refractivity contribution is -0.138. The number of hydrogen-bond acceptors (Lipinski definition) is 8. The molecule has 242 valence electrons. The summed E-state index contributed by atoms with van der Waals surface area (Å²) in [5.74, 6) is -3.18. The van der Waals surface area contributed by atoms with Gasteiger partial charge in [0.1, 0.15) is 11.5 Å². The average Bonchev–Trinajstić information content (AvgIpc) is 2.96. The highest BCUT2D eigenvalue weighted by molar-refractivity contribution is 6.07. The number of nitrogens with zero attached hydrogens (tertiary/aromatic N) is 5. The van der Waals surface area contributed by atoms with Crippen LogP contribution in [-0.2, 0) is 10.9 Å². The van der Waals surface area contributed by atoms with Crippen molar-refractivity contribution in [3.63, 3.8) is 0 Å². The normalized spacial score (nSPS) is 22.9. The van der Waals surface area contributed by atoms with Gasteiger partial charge in [-0.3, -0.25) is 14.5 Å². The van der Waals surface area contributed by atoms with E-state index < -0.39 is 51.7 Å². The molecule has 45 heavy (non-hydrogen) atoms. The van der Waals surface area contributed by atoms with Gasteiger partial charge in [0.05, 0.1) is 34.6 Å². The van der Waals surface area contributed by atoms with Gasteiger partial charge in [-0.2, -0.15) is 13.2 Å². The minimum Gasteiger partial charge on any atom is -0.372 e. The minimum atomic E-state index is -5.05. The molecule has 4 heterocycles. The van der Waals surface area contributed by atoms with Gasteiger partial charge in [0.15, 0.2) is 5.82 Å². The summed E-state index contributed by atoms with van der Waals surface area (Å²) in [5.41, 5.74) is -4.65. The number of benzene rings is 1. The Balaban J connectivity index is 1.58. The third-order valence-electron chi connectivity index (χ3n) is 8.24. The van der Waals surface area contributed by atoms with Gasteiger partial charge in [-0.15, -0.1) is 0 Å². The monoisotopic (exact) mass is 635 g/mol. The highest BCUT2D eigenvalue weighted by atomic mass is 19.4. The van der Waals surface area contributed by atoms with Crippen LogP contribution in [0.3, 0.4) is 0 Å². The number of carbonyl (C=O) groups is 1. The van der Waals surface area contributed by atoms with Gasteiger partial charge >= 0.3 is 6.18 Å². The van der Waals surface area contributed by atoms with E-state index in [1.807, 2.05) is 39.6 Å². The molecule has 10 nitrogen and oxygen atoms in total. The molecule has 3 aromatic rings. The molecule has 0 saturated carbocycles. The van der Waals surface area contributed by atoms with Crippen LogP contribution < -0.4 is 20.7 Å². The number of aromatic nitrogens is 3. The first-order chi connectivity index (χ1) is 21.1. The smallest absolute Gasteiger partial charge is 0.372 e. The van der Waals surface area contributed by atoms with Gasteiger partial charge in [0.2, 0.25) is 11.5 Å². The molecule has 0 radical (unpaired) electrons. The Morgan fingerprint density at radius 2 is 1.58 bits per heavy atom. The number of pyridine rings is 1. The van der Waals surface area contributed by atoms with Crippen LogP contribution in [0.5, 0.6) is 0 Å². The first-order valence-electron chi connectivity index (χ1n) is 14.5. The molecule has 15 heteroatoms. The molecule has 2 saturated heterocycles. The number of rotatable bonds is 5. The number of likely N-dealkylation sites (N-methyl/N-ethyl adjacent to an activating group) is 1. The Bertz CT molecular complexity index is 1610. The Morgan fingerprint density at radius 3 is 2.16 bits per heavy atom. The topological polar surface area (TPSA) is 107 Å². The molecule has 2 aliphatic rings. The molecule has 1 amide bonds. The number of hydrogen-bond donors (Lipinski definition) is 2. The third kappa shape index (κ3) is 6.64. The van der Waals surface area contributed by atoms with E-state index in [0.29, 0.717) is 38.3 Å². The Kier molecular flexibility index (Phi) is 8.86. The third-order valence-corrected chi connectivity index (χ3v) is 8.24. The van der Waals surface area contributed by atoms with E-state index in [4.69, 9.17) is 4.74 Å². The molecular weight excluding hydrogens is 601 g/mol. The second kappa shape index (κ2) is 12.4. The van der Waals surface area contributed by atoms with Crippen LogP contribution in [0.2, 0.25) is 0 Å². The van der Waals surface area contributed by atoms with Crippen molar-refractivity contribution in [1.29, 1.82) is 0 Å². The fourth-order valence-electron chi connectivity index (χ4n) is 5.87. The number of piperazine rings is 1. The Hall–Kier alpha value is -4.11. The van der Waals surface area contributed by atoms with E-state index >= 15 is 8.78 Å². The quantitative estimate of drug-likeness (QED) is 0.395. The number of carbonyl (C=O) groups excluding carboxylic acids is 1. The molecule has 2 aromatic heterocycles. The summed E-state index contributed by atoms with van der Waals surface area (Å²) in [5, 5.41) is 2.25. The molecule has 2 aliphatic heterocycles. The van der Waals surface area contributed by atoms with Crippen molar-refractivity contribution >= 4 is 23.2 Å². The number of amides is 1. The van der Waals surface area contributed by atoms with Crippen molar-refractivity contribution < 1.29 is 31.5 Å². The number of anilines is 3. The lowest BCUT2D eigenvalue weighted by Gasteiger charge is -2.44. The fraction of sp³-hybridized carbons (Fsp3) is 0.467. The Morgan fingerprint density at radius 1 is 0.978 bits per heavy atom. The molecule has 4 atom stereocenters. The van der Waals surface area contributed by atoms with E-state index in [-0.39, 0.29) is 41.6 Å². The molecule has 0 aliphatic carbocycles. The van der Waals surface area contributed by atoms with E-state index in [1.54, 1.807) is 4.90 Å². The maximum atomic E-state index is 16.5. The lowest BCUT2D eigenvalue weighted by atomic mass is 10.0. The zero-order chi connectivity index (χ0) is 32.8. The molecular formula is C30H34F5N7O3. The average molecular weight is 636 g/mol. The van der Waals surface area contributed by atoms with Gasteiger partial charge in [0.25, 0.3) is 5.91 Å². The van der Waals surface area contributed by atoms with Gasteiger partial charge < -0.3 is 24.8 Å². The molecule has 0 unspecified atom stereocenters. The number of halogens is 5. The summed E-state index contributed by atoms with van der Waals surface area (Å²) < 4.78 is 79.3. The van der Waals surface area contributed by atoms with Crippen molar-refractivity contribution in [3.05, 3.63) is 63.8 Å². The summed E-state index contributed by atoms with van der Waals surface area (Å²) in [6.07, 6.45) is -2.08. The maximum absolute atomic E-state index is 16.5. The number of H-pyrrole nitrogens is 1. The van der Waals surface area contributed by atoms with Gasteiger partial charge in [0, 0.05) is 74.5 Å². The summed E-state index contributed by atoms with van der Waals surface area (Å²) >= 11 is 0. The summed E-state index contributed by atoms with van der Waals surface area (Å²) in [7, 11) is 1.91. The highest BCUT2D eigenvalue weighted by Crippen LogP contribution is 2.40. The van der Waals surface area contributed by atoms with Crippen LogP contribution in [0.15, 0.2) is 35.5 Å². The molecule has 2 fully saturated rings. The van der Waals surface area contributed by atoms with Crippen molar-refractivity contribution in [2.24, 2.45) is 0 Å². The molecule has 1 aromatic carbocycles. The number of alkyl halides is 3. The zero-order valence-corrected chi connectivity index (χ0v) is 25.4. The zero-order valence-electron chi connectivity index (χ0n) is 25.4. The molecule has 0 bridgehead atoms. The SMILES string of the molecule is C[C@@H]1CN(c2ncc(-c3c(F)cc(N4C[C@@H](C)N(C)[C@@H](C)C4)c(NC(=O)c4c[nH]c(=O)cc4C(F)(F)F)c3F)cn2)C[C@H](C)O1. The van der Waals surface area contributed by atoms with Crippen molar-refractivity contribution in [2.75, 3.05) is 48.3 Å². The van der Waals surface area contributed by atoms with E-state index in [0.717, 1.165) is 6.07 Å². The lowest BCUT2D eigenvalue weighted by Crippen LogP contribution is -2.55. The summed E-state index contributed by atoms with van der Waals surface area (Å²) in [4.78, 5) is 41.3. The van der Waals surface area contributed by atoms with Crippen LogP contribution in [0, 0.1) is 11.6 Å².